The van der Waals surface area contributed by atoms with E-state index in [1.165, 1.54) is 6.26 Å². The smallest absolute Gasteiger partial charge is 0.191 e. The molecule has 30 heavy (non-hydrogen) atoms. The van der Waals surface area contributed by atoms with E-state index in [1.54, 1.807) is 21.3 Å². The SMILES string of the molecule is CN=C(NCCCS(C)(=O)=O)NCC(c1ccc(OC)c(OC)c1)N1CCOCC1. The van der Waals surface area contributed by atoms with Gasteiger partial charge in [-0.05, 0) is 24.1 Å². The van der Waals surface area contributed by atoms with Crippen molar-refractivity contribution in [3.63, 3.8) is 0 Å². The van der Waals surface area contributed by atoms with E-state index in [0.717, 1.165) is 18.7 Å². The van der Waals surface area contributed by atoms with Gasteiger partial charge in [-0.25, -0.2) is 8.42 Å². The molecule has 2 N–H and O–H groups in total. The Labute approximate surface area is 179 Å². The standard InChI is InChI=1S/C20H34N4O5S/c1-21-20(22-8-5-13-30(4,25)26)23-15-17(24-9-11-29-12-10-24)16-6-7-18(27-2)19(14-16)28-3/h6-7,14,17H,5,8-13,15H2,1-4H3,(H2,21,22,23). The average molecular weight is 443 g/mol. The second-order valence-electron chi connectivity index (χ2n) is 7.14. The number of aliphatic imine (C=N–C) groups is 1. The molecule has 10 heteroatoms. The fourth-order valence-electron chi connectivity index (χ4n) is 3.36. The second-order valence-corrected chi connectivity index (χ2v) is 9.40. The number of rotatable bonds is 10. The lowest BCUT2D eigenvalue weighted by molar-refractivity contribution is 0.0169. The quantitative estimate of drug-likeness (QED) is 0.310. The number of ether oxygens (including phenoxy) is 3. The molecule has 0 amide bonds. The minimum absolute atomic E-state index is 0.0864. The number of hydrogen-bond donors (Lipinski definition) is 2. The number of hydrogen-bond acceptors (Lipinski definition) is 7. The van der Waals surface area contributed by atoms with Gasteiger partial charge in [0.15, 0.2) is 17.5 Å². The summed E-state index contributed by atoms with van der Waals surface area (Å²) in [4.78, 5) is 6.62. The van der Waals surface area contributed by atoms with E-state index in [4.69, 9.17) is 14.2 Å². The zero-order valence-electron chi connectivity index (χ0n) is 18.3. The van der Waals surface area contributed by atoms with Gasteiger partial charge in [0.1, 0.15) is 9.84 Å². The van der Waals surface area contributed by atoms with E-state index in [1.807, 2.05) is 18.2 Å². The highest BCUT2D eigenvalue weighted by molar-refractivity contribution is 7.90. The Hall–Kier alpha value is -2.04. The fraction of sp³-hybridized carbons (Fsp3) is 0.650. The van der Waals surface area contributed by atoms with E-state index in [9.17, 15) is 8.42 Å². The fourth-order valence-corrected chi connectivity index (χ4v) is 4.03. The van der Waals surface area contributed by atoms with E-state index >= 15 is 0 Å². The van der Waals surface area contributed by atoms with Crippen LogP contribution in [0.3, 0.4) is 0 Å². The van der Waals surface area contributed by atoms with Crippen LogP contribution in [0, 0.1) is 0 Å². The van der Waals surface area contributed by atoms with Gasteiger partial charge in [0.05, 0.1) is 39.2 Å². The molecule has 1 unspecified atom stereocenters. The van der Waals surface area contributed by atoms with Crippen molar-refractivity contribution in [3.05, 3.63) is 23.8 Å². The normalized spacial score (nSPS) is 16.7. The third-order valence-electron chi connectivity index (χ3n) is 4.95. The van der Waals surface area contributed by atoms with Gasteiger partial charge in [-0.1, -0.05) is 6.07 Å². The molecule has 0 radical (unpaired) electrons. The summed E-state index contributed by atoms with van der Waals surface area (Å²) in [7, 11) is 2.00. The molecular formula is C20H34N4O5S. The van der Waals surface area contributed by atoms with Gasteiger partial charge < -0.3 is 24.8 Å². The zero-order chi connectivity index (χ0) is 22.0. The van der Waals surface area contributed by atoms with Crippen LogP contribution in [0.25, 0.3) is 0 Å². The van der Waals surface area contributed by atoms with Crippen molar-refractivity contribution in [2.24, 2.45) is 4.99 Å². The molecular weight excluding hydrogens is 408 g/mol. The molecule has 0 saturated carbocycles. The van der Waals surface area contributed by atoms with Gasteiger partial charge in [0.2, 0.25) is 0 Å². The molecule has 2 rings (SSSR count). The molecule has 0 aliphatic carbocycles. The van der Waals surface area contributed by atoms with Crippen LogP contribution < -0.4 is 20.1 Å². The predicted octanol–water partition coefficient (Wildman–Crippen LogP) is 0.677. The van der Waals surface area contributed by atoms with Crippen molar-refractivity contribution in [2.75, 3.05) is 72.7 Å². The van der Waals surface area contributed by atoms with Gasteiger partial charge in [0, 0.05) is 39.5 Å². The average Bonchev–Trinajstić information content (AvgIpc) is 2.75. The zero-order valence-corrected chi connectivity index (χ0v) is 19.1. The van der Waals surface area contributed by atoms with Gasteiger partial charge in [-0.3, -0.25) is 9.89 Å². The van der Waals surface area contributed by atoms with Crippen LogP contribution >= 0.6 is 0 Å². The molecule has 1 aromatic rings. The molecule has 0 aromatic heterocycles. The highest BCUT2D eigenvalue weighted by atomic mass is 32.2. The maximum atomic E-state index is 11.3. The molecule has 1 fully saturated rings. The van der Waals surface area contributed by atoms with E-state index in [0.29, 0.717) is 50.2 Å². The number of benzene rings is 1. The molecule has 0 spiro atoms. The third-order valence-corrected chi connectivity index (χ3v) is 5.98. The summed E-state index contributed by atoms with van der Waals surface area (Å²) in [5, 5.41) is 6.54. The van der Waals surface area contributed by atoms with Crippen LogP contribution in [0.15, 0.2) is 23.2 Å². The highest BCUT2D eigenvalue weighted by Crippen LogP contribution is 2.32. The molecule has 1 saturated heterocycles. The van der Waals surface area contributed by atoms with Gasteiger partial charge in [-0.2, -0.15) is 0 Å². The predicted molar refractivity (Wildman–Crippen MR) is 118 cm³/mol. The lowest BCUT2D eigenvalue weighted by Gasteiger charge is -2.35. The first-order valence-electron chi connectivity index (χ1n) is 10.0. The first-order chi connectivity index (χ1) is 14.4. The summed E-state index contributed by atoms with van der Waals surface area (Å²) >= 11 is 0. The first-order valence-corrected chi connectivity index (χ1v) is 12.1. The Balaban J connectivity index is 2.06. The minimum Gasteiger partial charge on any atom is -0.493 e. The van der Waals surface area contributed by atoms with Gasteiger partial charge >= 0.3 is 0 Å². The van der Waals surface area contributed by atoms with Crippen LogP contribution in [0.2, 0.25) is 0 Å². The van der Waals surface area contributed by atoms with Crippen LogP contribution in [-0.4, -0.2) is 91.9 Å². The molecule has 1 aliphatic heterocycles. The highest BCUT2D eigenvalue weighted by Gasteiger charge is 2.24. The van der Waals surface area contributed by atoms with Crippen LogP contribution in [0.1, 0.15) is 18.0 Å². The summed E-state index contributed by atoms with van der Waals surface area (Å²) in [6.07, 6.45) is 1.78. The van der Waals surface area contributed by atoms with Crippen molar-refractivity contribution < 1.29 is 22.6 Å². The van der Waals surface area contributed by atoms with Gasteiger partial charge in [-0.15, -0.1) is 0 Å². The summed E-state index contributed by atoms with van der Waals surface area (Å²) < 4.78 is 38.9. The Morgan fingerprint density at radius 2 is 1.90 bits per heavy atom. The van der Waals surface area contributed by atoms with Crippen LogP contribution in [-0.2, 0) is 14.6 Å². The lowest BCUT2D eigenvalue weighted by atomic mass is 10.0. The molecule has 0 bridgehead atoms. The molecule has 1 aliphatic rings. The van der Waals surface area contributed by atoms with Crippen LogP contribution in [0.5, 0.6) is 11.5 Å². The molecule has 1 atom stereocenters. The summed E-state index contributed by atoms with van der Waals surface area (Å²) in [6, 6.07) is 6.05. The number of guanidine groups is 1. The third kappa shape index (κ3) is 7.66. The summed E-state index contributed by atoms with van der Waals surface area (Å²) in [6.45, 7) is 4.22. The Morgan fingerprint density at radius 1 is 1.20 bits per heavy atom. The number of morpholine rings is 1. The molecule has 1 aromatic carbocycles. The van der Waals surface area contributed by atoms with Gasteiger partial charge in [0.25, 0.3) is 0 Å². The maximum Gasteiger partial charge on any atom is 0.191 e. The second kappa shape index (κ2) is 12.0. The molecule has 1 heterocycles. The van der Waals surface area contributed by atoms with E-state index in [2.05, 4.69) is 20.5 Å². The largest absolute Gasteiger partial charge is 0.493 e. The van der Waals surface area contributed by atoms with Crippen molar-refractivity contribution in [1.82, 2.24) is 15.5 Å². The summed E-state index contributed by atoms with van der Waals surface area (Å²) in [5.41, 5.74) is 1.11. The Bertz CT molecular complexity index is 794. The number of nitrogens with zero attached hydrogens (tertiary/aromatic N) is 2. The lowest BCUT2D eigenvalue weighted by Crippen LogP contribution is -2.46. The molecule has 170 valence electrons. The molecule has 9 nitrogen and oxygen atoms in total. The Kier molecular flexibility index (Phi) is 9.67. The number of nitrogens with one attached hydrogen (secondary N) is 2. The van der Waals surface area contributed by atoms with Crippen molar-refractivity contribution in [3.8, 4) is 11.5 Å². The van der Waals surface area contributed by atoms with Crippen molar-refractivity contribution in [1.29, 1.82) is 0 Å². The monoisotopic (exact) mass is 442 g/mol. The van der Waals surface area contributed by atoms with E-state index < -0.39 is 9.84 Å². The van der Waals surface area contributed by atoms with Crippen molar-refractivity contribution in [2.45, 2.75) is 12.5 Å². The minimum atomic E-state index is -2.96. The number of methoxy groups -OCH3 is 2. The first kappa shape index (κ1) is 24.2. The summed E-state index contributed by atoms with van der Waals surface area (Å²) in [5.74, 6) is 2.18. The number of sulfone groups is 1. The topological polar surface area (TPSA) is 101 Å². The Morgan fingerprint density at radius 3 is 2.50 bits per heavy atom. The maximum absolute atomic E-state index is 11.3. The van der Waals surface area contributed by atoms with E-state index in [-0.39, 0.29) is 11.8 Å². The van der Waals surface area contributed by atoms with Crippen LogP contribution in [0.4, 0.5) is 0 Å². The van der Waals surface area contributed by atoms with Crippen molar-refractivity contribution >= 4 is 15.8 Å².